The molecule has 0 atom stereocenters. The average molecular weight is 287 g/mol. The predicted molar refractivity (Wildman–Crippen MR) is 74.7 cm³/mol. The minimum Gasteiger partial charge on any atom is -0.384 e. The highest BCUT2D eigenvalue weighted by Gasteiger charge is 2.12. The van der Waals surface area contributed by atoms with Crippen LogP contribution in [-0.4, -0.2) is 27.4 Å². The number of aliphatic hydroxyl groups excluding tert-OH is 1. The summed E-state index contributed by atoms with van der Waals surface area (Å²) in [6.07, 6.45) is 3.39. The third-order valence-electron chi connectivity index (χ3n) is 2.73. The van der Waals surface area contributed by atoms with Crippen molar-refractivity contribution in [3.63, 3.8) is 0 Å². The van der Waals surface area contributed by atoms with Crippen LogP contribution in [0.5, 0.6) is 0 Å². The van der Waals surface area contributed by atoms with Gasteiger partial charge in [0.25, 0.3) is 5.91 Å². The Morgan fingerprint density at radius 2 is 2.33 bits per heavy atom. The lowest BCUT2D eigenvalue weighted by Crippen LogP contribution is -2.23. The number of aromatic nitrogens is 2. The van der Waals surface area contributed by atoms with Gasteiger partial charge in [0.2, 0.25) is 0 Å². The van der Waals surface area contributed by atoms with Gasteiger partial charge >= 0.3 is 0 Å². The number of carbonyl (C=O) groups is 1. The van der Waals surface area contributed by atoms with Crippen molar-refractivity contribution in [2.75, 3.05) is 6.61 Å². The number of nitrogens with zero attached hydrogens (tertiary/aromatic N) is 2. The van der Waals surface area contributed by atoms with E-state index < -0.39 is 11.7 Å². The third kappa shape index (κ3) is 3.91. The molecule has 5 nitrogen and oxygen atoms in total. The Bertz CT molecular complexity index is 713. The maximum absolute atomic E-state index is 13.7. The Morgan fingerprint density at radius 1 is 1.52 bits per heavy atom. The van der Waals surface area contributed by atoms with Crippen LogP contribution in [0.3, 0.4) is 0 Å². The second kappa shape index (κ2) is 6.68. The summed E-state index contributed by atoms with van der Waals surface area (Å²) in [5.74, 6) is 3.94. The SMILES string of the molecule is Cn1cc(CNC(=O)c2cc(C#CCO)ccc2F)cn1. The van der Waals surface area contributed by atoms with E-state index in [0.29, 0.717) is 5.56 Å². The highest BCUT2D eigenvalue weighted by Crippen LogP contribution is 2.10. The molecule has 2 rings (SSSR count). The van der Waals surface area contributed by atoms with Crippen LogP contribution in [0.25, 0.3) is 0 Å². The van der Waals surface area contributed by atoms with Gasteiger partial charge in [-0.2, -0.15) is 5.10 Å². The number of aryl methyl sites for hydroxylation is 1. The molecule has 0 spiro atoms. The lowest BCUT2D eigenvalue weighted by molar-refractivity contribution is 0.0947. The van der Waals surface area contributed by atoms with Crippen molar-refractivity contribution in [2.45, 2.75) is 6.54 Å². The first kappa shape index (κ1) is 14.8. The Kier molecular flexibility index (Phi) is 4.69. The Morgan fingerprint density at radius 3 is 3.00 bits per heavy atom. The van der Waals surface area contributed by atoms with Crippen molar-refractivity contribution < 1.29 is 14.3 Å². The van der Waals surface area contributed by atoms with Gasteiger partial charge in [0.15, 0.2) is 0 Å². The summed E-state index contributed by atoms with van der Waals surface area (Å²) >= 11 is 0. The van der Waals surface area contributed by atoms with Crippen molar-refractivity contribution >= 4 is 5.91 Å². The van der Waals surface area contributed by atoms with Gasteiger partial charge in [-0.15, -0.1) is 0 Å². The monoisotopic (exact) mass is 287 g/mol. The van der Waals surface area contributed by atoms with Gasteiger partial charge in [0, 0.05) is 30.9 Å². The van der Waals surface area contributed by atoms with E-state index in [4.69, 9.17) is 5.11 Å². The van der Waals surface area contributed by atoms with Crippen LogP contribution in [-0.2, 0) is 13.6 Å². The Labute approximate surface area is 121 Å². The molecular weight excluding hydrogens is 273 g/mol. The van der Waals surface area contributed by atoms with Crippen LogP contribution < -0.4 is 5.32 Å². The number of hydrogen-bond acceptors (Lipinski definition) is 3. The molecule has 0 aliphatic rings. The fourth-order valence-corrected chi connectivity index (χ4v) is 1.76. The summed E-state index contributed by atoms with van der Waals surface area (Å²) in [5.41, 5.74) is 1.21. The lowest BCUT2D eigenvalue weighted by atomic mass is 10.1. The van der Waals surface area contributed by atoms with Crippen LogP contribution in [0.15, 0.2) is 30.6 Å². The number of aliphatic hydroxyl groups is 1. The van der Waals surface area contributed by atoms with Crippen molar-refractivity contribution in [1.29, 1.82) is 0 Å². The Hall–Kier alpha value is -2.65. The van der Waals surface area contributed by atoms with E-state index in [1.54, 1.807) is 24.1 Å². The molecule has 1 heterocycles. The molecule has 2 N–H and O–H groups in total. The fraction of sp³-hybridized carbons (Fsp3) is 0.200. The summed E-state index contributed by atoms with van der Waals surface area (Å²) < 4.78 is 15.3. The van der Waals surface area contributed by atoms with Crippen molar-refractivity contribution in [1.82, 2.24) is 15.1 Å². The second-order valence-corrected chi connectivity index (χ2v) is 4.36. The number of hydrogen-bond donors (Lipinski definition) is 2. The molecule has 0 fully saturated rings. The molecule has 0 aliphatic carbocycles. The molecule has 0 radical (unpaired) electrons. The van der Waals surface area contributed by atoms with Crippen LogP contribution in [0.2, 0.25) is 0 Å². The molecule has 0 bridgehead atoms. The molecule has 1 amide bonds. The van der Waals surface area contributed by atoms with Crippen molar-refractivity contribution in [3.8, 4) is 11.8 Å². The van der Waals surface area contributed by atoms with E-state index in [0.717, 1.165) is 5.56 Å². The molecule has 6 heteroatoms. The molecule has 1 aromatic carbocycles. The zero-order chi connectivity index (χ0) is 15.2. The number of benzene rings is 1. The molecule has 108 valence electrons. The molecule has 0 saturated heterocycles. The molecule has 1 aromatic heterocycles. The van der Waals surface area contributed by atoms with Gasteiger partial charge in [-0.25, -0.2) is 4.39 Å². The second-order valence-electron chi connectivity index (χ2n) is 4.36. The third-order valence-corrected chi connectivity index (χ3v) is 2.73. The number of nitrogens with one attached hydrogen (secondary N) is 1. The van der Waals surface area contributed by atoms with E-state index in [2.05, 4.69) is 22.3 Å². The summed E-state index contributed by atoms with van der Waals surface area (Å²) in [5, 5.41) is 15.2. The van der Waals surface area contributed by atoms with Crippen LogP contribution in [0.4, 0.5) is 4.39 Å². The van der Waals surface area contributed by atoms with Gasteiger partial charge in [0.05, 0.1) is 11.8 Å². The number of rotatable bonds is 3. The van der Waals surface area contributed by atoms with E-state index in [1.807, 2.05) is 0 Å². The fourth-order valence-electron chi connectivity index (χ4n) is 1.76. The van der Waals surface area contributed by atoms with Gasteiger partial charge in [-0.3, -0.25) is 9.48 Å². The normalized spacial score (nSPS) is 9.86. The highest BCUT2D eigenvalue weighted by molar-refractivity contribution is 5.94. The van der Waals surface area contributed by atoms with E-state index in [-0.39, 0.29) is 18.7 Å². The van der Waals surface area contributed by atoms with E-state index >= 15 is 0 Å². The Balaban J connectivity index is 2.10. The van der Waals surface area contributed by atoms with Crippen molar-refractivity contribution in [2.24, 2.45) is 7.05 Å². The number of halogens is 1. The summed E-state index contributed by atoms with van der Waals surface area (Å²) in [7, 11) is 1.77. The molecular formula is C15H14FN3O2. The topological polar surface area (TPSA) is 67.2 Å². The van der Waals surface area contributed by atoms with Crippen LogP contribution >= 0.6 is 0 Å². The molecule has 0 unspecified atom stereocenters. The minimum absolute atomic E-state index is 0.0800. The van der Waals surface area contributed by atoms with Crippen molar-refractivity contribution in [3.05, 3.63) is 53.1 Å². The smallest absolute Gasteiger partial charge is 0.254 e. The summed E-state index contributed by atoms with van der Waals surface area (Å²) in [6.45, 7) is -0.0292. The molecule has 0 aliphatic heterocycles. The predicted octanol–water partition coefficient (Wildman–Crippen LogP) is 0.833. The summed E-state index contributed by atoms with van der Waals surface area (Å²) in [4.78, 5) is 12.0. The first-order valence-corrected chi connectivity index (χ1v) is 6.25. The van der Waals surface area contributed by atoms with Crippen LogP contribution in [0, 0.1) is 17.7 Å². The van der Waals surface area contributed by atoms with E-state index in [9.17, 15) is 9.18 Å². The summed E-state index contributed by atoms with van der Waals surface area (Å²) in [6, 6.07) is 3.99. The number of amides is 1. The maximum atomic E-state index is 13.7. The van der Waals surface area contributed by atoms with Gasteiger partial charge < -0.3 is 10.4 Å². The van der Waals surface area contributed by atoms with Gasteiger partial charge in [-0.05, 0) is 18.2 Å². The number of carbonyl (C=O) groups excluding carboxylic acids is 1. The average Bonchev–Trinajstić information content (AvgIpc) is 2.89. The molecule has 2 aromatic rings. The lowest BCUT2D eigenvalue weighted by Gasteiger charge is -2.05. The quantitative estimate of drug-likeness (QED) is 0.822. The molecule has 21 heavy (non-hydrogen) atoms. The van der Waals surface area contributed by atoms with Gasteiger partial charge in [0.1, 0.15) is 12.4 Å². The minimum atomic E-state index is -0.617. The standard InChI is InChI=1S/C15H14FN3O2/c1-19-10-12(9-18-19)8-17-15(21)13-7-11(3-2-6-20)4-5-14(13)16/h4-5,7,9-10,20H,6,8H2,1H3,(H,17,21). The first-order valence-electron chi connectivity index (χ1n) is 6.25. The zero-order valence-electron chi connectivity index (χ0n) is 11.4. The first-order chi connectivity index (χ1) is 10.1. The largest absolute Gasteiger partial charge is 0.384 e. The van der Waals surface area contributed by atoms with Gasteiger partial charge in [-0.1, -0.05) is 11.8 Å². The van der Waals surface area contributed by atoms with Crippen LogP contribution in [0.1, 0.15) is 21.5 Å². The maximum Gasteiger partial charge on any atom is 0.254 e. The molecule has 0 saturated carbocycles. The van der Waals surface area contributed by atoms with E-state index in [1.165, 1.54) is 18.2 Å². The zero-order valence-corrected chi connectivity index (χ0v) is 11.4. The highest BCUT2D eigenvalue weighted by atomic mass is 19.1.